The monoisotopic (exact) mass is 382 g/mol. The Morgan fingerprint density at radius 3 is 2.74 bits per heavy atom. The largest absolute Gasteiger partial charge is 0.371 e. The van der Waals surface area contributed by atoms with Crippen LogP contribution in [0.4, 0.5) is 0 Å². The van der Waals surface area contributed by atoms with Gasteiger partial charge in [0.1, 0.15) is 17.0 Å². The van der Waals surface area contributed by atoms with Crippen LogP contribution in [-0.4, -0.2) is 23.7 Å². The van der Waals surface area contributed by atoms with Crippen LogP contribution in [0.15, 0.2) is 53.1 Å². The minimum absolute atomic E-state index is 0.0622. The van der Waals surface area contributed by atoms with Crippen molar-refractivity contribution in [2.24, 2.45) is 0 Å². The molecule has 0 fully saturated rings. The van der Waals surface area contributed by atoms with Crippen molar-refractivity contribution < 1.29 is 14.1 Å². The van der Waals surface area contributed by atoms with Crippen LogP contribution in [0.25, 0.3) is 11.3 Å². The molecule has 0 spiro atoms. The third-order valence-electron chi connectivity index (χ3n) is 4.75. The van der Waals surface area contributed by atoms with Crippen LogP contribution < -0.4 is 5.32 Å². The molecule has 4 rings (SSSR count). The van der Waals surface area contributed by atoms with Crippen LogP contribution in [0.1, 0.15) is 27.2 Å². The smallest absolute Gasteiger partial charge is 0.257 e. The molecule has 2 aromatic carbocycles. The van der Waals surface area contributed by atoms with E-state index in [0.717, 1.165) is 6.42 Å². The highest BCUT2D eigenvalue weighted by atomic mass is 35.5. The zero-order chi connectivity index (χ0) is 18.8. The predicted octanol–water partition coefficient (Wildman–Crippen LogP) is 4.17. The third-order valence-corrected chi connectivity index (χ3v) is 5.08. The Bertz CT molecular complexity index is 983. The molecule has 1 aliphatic rings. The summed E-state index contributed by atoms with van der Waals surface area (Å²) in [5.74, 6) is 0.212. The molecule has 5 nitrogen and oxygen atoms in total. The number of ether oxygens (including phenoxy) is 1. The second kappa shape index (κ2) is 7.55. The van der Waals surface area contributed by atoms with Crippen molar-refractivity contribution in [3.8, 4) is 11.3 Å². The molecule has 0 saturated heterocycles. The summed E-state index contributed by atoms with van der Waals surface area (Å²) >= 11 is 6.26. The average Bonchev–Trinajstić information content (AvgIpc) is 3.07. The molecule has 1 amide bonds. The van der Waals surface area contributed by atoms with Gasteiger partial charge in [0.05, 0.1) is 17.7 Å². The van der Waals surface area contributed by atoms with Crippen LogP contribution in [-0.2, 0) is 17.8 Å². The van der Waals surface area contributed by atoms with Crippen molar-refractivity contribution in [3.63, 3.8) is 0 Å². The van der Waals surface area contributed by atoms with Crippen molar-refractivity contribution in [1.29, 1.82) is 0 Å². The van der Waals surface area contributed by atoms with E-state index in [1.165, 1.54) is 11.1 Å². The Labute approximate surface area is 162 Å². The summed E-state index contributed by atoms with van der Waals surface area (Å²) in [7, 11) is 0. The Morgan fingerprint density at radius 1 is 1.19 bits per heavy atom. The van der Waals surface area contributed by atoms with Crippen molar-refractivity contribution in [3.05, 3.63) is 76.0 Å². The van der Waals surface area contributed by atoms with Gasteiger partial charge in [-0.2, -0.15) is 0 Å². The number of aryl methyl sites for hydroxylation is 1. The number of halogens is 1. The van der Waals surface area contributed by atoms with E-state index in [2.05, 4.69) is 22.6 Å². The number of rotatable bonds is 4. The molecule has 1 N–H and O–H groups in total. The van der Waals surface area contributed by atoms with Crippen LogP contribution in [0, 0.1) is 6.92 Å². The Kier molecular flexibility index (Phi) is 4.97. The van der Waals surface area contributed by atoms with E-state index < -0.39 is 0 Å². The van der Waals surface area contributed by atoms with Gasteiger partial charge >= 0.3 is 0 Å². The minimum Gasteiger partial charge on any atom is -0.371 e. The first-order valence-electron chi connectivity index (χ1n) is 8.81. The maximum Gasteiger partial charge on any atom is 0.257 e. The molecular weight excluding hydrogens is 364 g/mol. The van der Waals surface area contributed by atoms with Gasteiger partial charge in [0, 0.05) is 18.5 Å². The first-order valence-corrected chi connectivity index (χ1v) is 9.19. The van der Waals surface area contributed by atoms with Gasteiger partial charge in [-0.3, -0.25) is 4.79 Å². The van der Waals surface area contributed by atoms with E-state index in [4.69, 9.17) is 20.9 Å². The normalized spacial score (nSPS) is 16.0. The van der Waals surface area contributed by atoms with E-state index in [1.807, 2.05) is 30.3 Å². The summed E-state index contributed by atoms with van der Waals surface area (Å²) in [5, 5.41) is 7.51. The van der Waals surface area contributed by atoms with E-state index in [9.17, 15) is 4.79 Å². The summed E-state index contributed by atoms with van der Waals surface area (Å²) in [4.78, 5) is 12.8. The van der Waals surface area contributed by atoms with Gasteiger partial charge in [-0.05, 0) is 24.1 Å². The molecule has 1 atom stereocenters. The lowest BCUT2D eigenvalue weighted by Crippen LogP contribution is -2.37. The molecule has 0 aliphatic carbocycles. The summed E-state index contributed by atoms with van der Waals surface area (Å²) in [6, 6.07) is 15.5. The molecular formula is C21H19ClN2O3. The SMILES string of the molecule is Cc1onc(-c2ccccc2Cl)c1C(=O)NCC1Cc2ccccc2CO1. The van der Waals surface area contributed by atoms with Gasteiger partial charge in [-0.25, -0.2) is 0 Å². The van der Waals surface area contributed by atoms with Crippen molar-refractivity contribution in [2.75, 3.05) is 6.54 Å². The highest BCUT2D eigenvalue weighted by Crippen LogP contribution is 2.31. The molecule has 3 aromatic rings. The first kappa shape index (κ1) is 17.8. The minimum atomic E-state index is -0.244. The zero-order valence-corrected chi connectivity index (χ0v) is 15.6. The molecule has 0 bridgehead atoms. The molecule has 1 aliphatic heterocycles. The number of hydrogen-bond acceptors (Lipinski definition) is 4. The number of nitrogens with one attached hydrogen (secondary N) is 1. The summed E-state index contributed by atoms with van der Waals surface area (Å²) in [6.45, 7) is 2.70. The van der Waals surface area contributed by atoms with E-state index in [0.29, 0.717) is 40.8 Å². The number of fused-ring (bicyclic) bond motifs is 1. The predicted molar refractivity (Wildman–Crippen MR) is 103 cm³/mol. The summed E-state index contributed by atoms with van der Waals surface area (Å²) in [6.07, 6.45) is 0.712. The van der Waals surface area contributed by atoms with E-state index in [-0.39, 0.29) is 12.0 Å². The number of nitrogens with zero attached hydrogens (tertiary/aromatic N) is 1. The van der Waals surface area contributed by atoms with E-state index in [1.54, 1.807) is 13.0 Å². The number of carbonyl (C=O) groups excluding carboxylic acids is 1. The van der Waals surface area contributed by atoms with Crippen LogP contribution >= 0.6 is 11.6 Å². The maximum absolute atomic E-state index is 12.8. The molecule has 1 unspecified atom stereocenters. The number of benzene rings is 2. The Hall–Kier alpha value is -2.63. The van der Waals surface area contributed by atoms with Gasteiger partial charge in [0.2, 0.25) is 0 Å². The van der Waals surface area contributed by atoms with Gasteiger partial charge in [-0.15, -0.1) is 0 Å². The van der Waals surface area contributed by atoms with Crippen LogP contribution in [0.3, 0.4) is 0 Å². The lowest BCUT2D eigenvalue weighted by molar-refractivity contribution is 0.0285. The number of carbonyl (C=O) groups is 1. The van der Waals surface area contributed by atoms with Crippen LogP contribution in [0.2, 0.25) is 5.02 Å². The lowest BCUT2D eigenvalue weighted by Gasteiger charge is -2.25. The zero-order valence-electron chi connectivity index (χ0n) is 14.9. The molecule has 2 heterocycles. The summed E-state index contributed by atoms with van der Waals surface area (Å²) in [5.41, 5.74) is 3.99. The van der Waals surface area contributed by atoms with Crippen molar-refractivity contribution in [2.45, 2.75) is 26.1 Å². The third kappa shape index (κ3) is 3.61. The second-order valence-corrected chi connectivity index (χ2v) is 6.97. The van der Waals surface area contributed by atoms with Gasteiger partial charge < -0.3 is 14.6 Å². The molecule has 1 aromatic heterocycles. The Balaban J connectivity index is 1.49. The molecule has 0 radical (unpaired) electrons. The van der Waals surface area contributed by atoms with Crippen molar-refractivity contribution in [1.82, 2.24) is 10.5 Å². The number of hydrogen-bond donors (Lipinski definition) is 1. The fraction of sp³-hybridized carbons (Fsp3) is 0.238. The Morgan fingerprint density at radius 2 is 1.93 bits per heavy atom. The molecule has 6 heteroatoms. The molecule has 138 valence electrons. The van der Waals surface area contributed by atoms with Crippen LogP contribution in [0.5, 0.6) is 0 Å². The topological polar surface area (TPSA) is 64.4 Å². The maximum atomic E-state index is 12.8. The van der Waals surface area contributed by atoms with Crippen molar-refractivity contribution >= 4 is 17.5 Å². The standard InChI is InChI=1S/C21H19ClN2O3/c1-13-19(20(24-27-13)17-8-4-5-9-18(17)22)21(25)23-11-16-10-14-6-2-3-7-15(14)12-26-16/h2-9,16H,10-12H2,1H3,(H,23,25). The molecule has 27 heavy (non-hydrogen) atoms. The fourth-order valence-corrected chi connectivity index (χ4v) is 3.54. The fourth-order valence-electron chi connectivity index (χ4n) is 3.31. The number of aromatic nitrogens is 1. The summed E-state index contributed by atoms with van der Waals surface area (Å²) < 4.78 is 11.1. The first-order chi connectivity index (χ1) is 13.1. The lowest BCUT2D eigenvalue weighted by atomic mass is 9.99. The molecule has 0 saturated carbocycles. The van der Waals surface area contributed by atoms with Gasteiger partial charge in [0.25, 0.3) is 5.91 Å². The average molecular weight is 383 g/mol. The highest BCUT2D eigenvalue weighted by Gasteiger charge is 2.25. The highest BCUT2D eigenvalue weighted by molar-refractivity contribution is 6.33. The van der Waals surface area contributed by atoms with Gasteiger partial charge in [0.15, 0.2) is 0 Å². The number of amides is 1. The van der Waals surface area contributed by atoms with Gasteiger partial charge in [-0.1, -0.05) is 59.2 Å². The van der Waals surface area contributed by atoms with E-state index >= 15 is 0 Å². The second-order valence-electron chi connectivity index (χ2n) is 6.56. The quantitative estimate of drug-likeness (QED) is 0.735.